The maximum absolute atomic E-state index is 13.0. The Labute approximate surface area is 165 Å². The Kier molecular flexibility index (Phi) is 6.08. The van der Waals surface area contributed by atoms with Gasteiger partial charge in [-0.15, -0.1) is 0 Å². The summed E-state index contributed by atoms with van der Waals surface area (Å²) in [7, 11) is 0.0474. The SMILES string of the molecule is COc1ccc(CN(C(=O)Nc2ccc(OC)cc2)C2CCS(=O)(=O)C2)cc1. The van der Waals surface area contributed by atoms with Gasteiger partial charge >= 0.3 is 6.03 Å². The summed E-state index contributed by atoms with van der Waals surface area (Å²) < 4.78 is 34.2. The minimum Gasteiger partial charge on any atom is -0.497 e. The van der Waals surface area contributed by atoms with Crippen molar-refractivity contribution in [3.8, 4) is 11.5 Å². The molecule has 1 atom stereocenters. The number of nitrogens with one attached hydrogen (secondary N) is 1. The molecule has 2 aromatic carbocycles. The molecule has 0 aliphatic carbocycles. The van der Waals surface area contributed by atoms with Crippen LogP contribution in [0.1, 0.15) is 12.0 Å². The standard InChI is InChI=1S/C20H24N2O5S/c1-26-18-7-3-15(4-8-18)13-22(17-11-12-28(24,25)14-17)20(23)21-16-5-9-19(27-2)10-6-16/h3-10,17H,11-14H2,1-2H3,(H,21,23). The molecule has 1 heterocycles. The molecular weight excluding hydrogens is 380 g/mol. The highest BCUT2D eigenvalue weighted by atomic mass is 32.2. The third kappa shape index (κ3) is 4.95. The van der Waals surface area contributed by atoms with Gasteiger partial charge in [-0.1, -0.05) is 12.1 Å². The number of hydrogen-bond acceptors (Lipinski definition) is 5. The van der Waals surface area contributed by atoms with Crippen molar-refractivity contribution in [2.45, 2.75) is 19.0 Å². The largest absolute Gasteiger partial charge is 0.497 e. The molecule has 0 saturated carbocycles. The second kappa shape index (κ2) is 8.52. The highest BCUT2D eigenvalue weighted by molar-refractivity contribution is 7.91. The van der Waals surface area contributed by atoms with Crippen LogP contribution in [0.25, 0.3) is 0 Å². The Balaban J connectivity index is 1.78. The molecule has 3 rings (SSSR count). The number of carbonyl (C=O) groups is 1. The van der Waals surface area contributed by atoms with Crippen LogP contribution >= 0.6 is 0 Å². The van der Waals surface area contributed by atoms with Crippen molar-refractivity contribution in [2.75, 3.05) is 31.0 Å². The highest BCUT2D eigenvalue weighted by Gasteiger charge is 2.34. The Hall–Kier alpha value is -2.74. The first-order chi connectivity index (χ1) is 13.4. The molecular formula is C20H24N2O5S. The van der Waals surface area contributed by atoms with Crippen molar-refractivity contribution in [3.63, 3.8) is 0 Å². The molecule has 1 fully saturated rings. The van der Waals surface area contributed by atoms with E-state index in [0.717, 1.165) is 11.3 Å². The molecule has 1 aliphatic heterocycles. The van der Waals surface area contributed by atoms with Crippen LogP contribution in [0.3, 0.4) is 0 Å². The van der Waals surface area contributed by atoms with Crippen molar-refractivity contribution in [2.24, 2.45) is 0 Å². The number of urea groups is 1. The van der Waals surface area contributed by atoms with Gasteiger partial charge in [-0.3, -0.25) is 0 Å². The lowest BCUT2D eigenvalue weighted by Crippen LogP contribution is -2.43. The van der Waals surface area contributed by atoms with E-state index in [1.54, 1.807) is 43.4 Å². The van der Waals surface area contributed by atoms with E-state index in [9.17, 15) is 13.2 Å². The fourth-order valence-electron chi connectivity index (χ4n) is 3.19. The average molecular weight is 404 g/mol. The summed E-state index contributed by atoms with van der Waals surface area (Å²) in [4.78, 5) is 14.6. The number of anilines is 1. The van der Waals surface area contributed by atoms with Gasteiger partial charge in [0, 0.05) is 18.3 Å². The number of nitrogens with zero attached hydrogens (tertiary/aromatic N) is 1. The maximum atomic E-state index is 13.0. The van der Waals surface area contributed by atoms with Crippen LogP contribution in [-0.2, 0) is 16.4 Å². The zero-order chi connectivity index (χ0) is 20.1. The van der Waals surface area contributed by atoms with E-state index >= 15 is 0 Å². The Bertz CT molecular complexity index is 911. The summed E-state index contributed by atoms with van der Waals surface area (Å²) in [5.74, 6) is 1.50. The summed E-state index contributed by atoms with van der Waals surface area (Å²) in [5.41, 5.74) is 1.52. The zero-order valence-electron chi connectivity index (χ0n) is 15.9. The van der Waals surface area contributed by atoms with Crippen LogP contribution in [0.4, 0.5) is 10.5 Å². The molecule has 1 aliphatic rings. The number of methoxy groups -OCH3 is 2. The summed E-state index contributed by atoms with van der Waals surface area (Å²) in [5, 5.41) is 2.85. The Morgan fingerprint density at radius 1 is 1.04 bits per heavy atom. The zero-order valence-corrected chi connectivity index (χ0v) is 16.7. The quantitative estimate of drug-likeness (QED) is 0.800. The molecule has 28 heavy (non-hydrogen) atoms. The van der Waals surface area contributed by atoms with E-state index in [1.165, 1.54) is 0 Å². The van der Waals surface area contributed by atoms with Gasteiger partial charge in [-0.2, -0.15) is 0 Å². The van der Waals surface area contributed by atoms with Gasteiger partial charge in [-0.05, 0) is 48.4 Å². The van der Waals surface area contributed by atoms with E-state index in [1.807, 2.05) is 24.3 Å². The molecule has 1 unspecified atom stereocenters. The third-order valence-corrected chi connectivity index (χ3v) is 6.51. The van der Waals surface area contributed by atoms with Crippen LogP contribution < -0.4 is 14.8 Å². The lowest BCUT2D eigenvalue weighted by molar-refractivity contribution is 0.190. The van der Waals surface area contributed by atoms with E-state index in [0.29, 0.717) is 24.4 Å². The molecule has 0 radical (unpaired) electrons. The monoisotopic (exact) mass is 404 g/mol. The predicted molar refractivity (Wildman–Crippen MR) is 108 cm³/mol. The van der Waals surface area contributed by atoms with Gasteiger partial charge in [-0.25, -0.2) is 13.2 Å². The minimum absolute atomic E-state index is 0.0147. The first kappa shape index (κ1) is 20.0. The predicted octanol–water partition coefficient (Wildman–Crippen LogP) is 2.93. The van der Waals surface area contributed by atoms with Crippen molar-refractivity contribution in [1.82, 2.24) is 4.90 Å². The average Bonchev–Trinajstić information content (AvgIpc) is 3.06. The number of carbonyl (C=O) groups excluding carboxylic acids is 1. The van der Waals surface area contributed by atoms with E-state index in [-0.39, 0.29) is 23.6 Å². The second-order valence-electron chi connectivity index (χ2n) is 6.69. The summed E-state index contributed by atoms with van der Waals surface area (Å²) in [6.45, 7) is 0.312. The number of amides is 2. The topological polar surface area (TPSA) is 84.9 Å². The van der Waals surface area contributed by atoms with Crippen molar-refractivity contribution < 1.29 is 22.7 Å². The van der Waals surface area contributed by atoms with Gasteiger partial charge in [0.05, 0.1) is 25.7 Å². The number of ether oxygens (including phenoxy) is 2. The van der Waals surface area contributed by atoms with Crippen LogP contribution in [-0.4, -0.2) is 51.1 Å². The van der Waals surface area contributed by atoms with Crippen molar-refractivity contribution >= 4 is 21.6 Å². The number of hydrogen-bond donors (Lipinski definition) is 1. The van der Waals surface area contributed by atoms with E-state index in [4.69, 9.17) is 9.47 Å². The first-order valence-corrected chi connectivity index (χ1v) is 10.8. The fourth-order valence-corrected chi connectivity index (χ4v) is 4.92. The second-order valence-corrected chi connectivity index (χ2v) is 8.92. The van der Waals surface area contributed by atoms with Gasteiger partial charge < -0.3 is 19.7 Å². The normalized spacial score (nSPS) is 17.7. The van der Waals surface area contributed by atoms with Crippen LogP contribution in [0.15, 0.2) is 48.5 Å². The van der Waals surface area contributed by atoms with Crippen molar-refractivity contribution in [1.29, 1.82) is 0 Å². The Morgan fingerprint density at radius 3 is 2.11 bits per heavy atom. The molecule has 8 heteroatoms. The van der Waals surface area contributed by atoms with Crippen molar-refractivity contribution in [3.05, 3.63) is 54.1 Å². The molecule has 2 aromatic rings. The minimum atomic E-state index is -3.12. The number of rotatable bonds is 6. The molecule has 7 nitrogen and oxygen atoms in total. The van der Waals surface area contributed by atoms with Crippen LogP contribution in [0.5, 0.6) is 11.5 Å². The summed E-state index contributed by atoms with van der Waals surface area (Å²) >= 11 is 0. The fraction of sp³-hybridized carbons (Fsp3) is 0.350. The maximum Gasteiger partial charge on any atom is 0.322 e. The molecule has 2 amide bonds. The Morgan fingerprint density at radius 2 is 1.61 bits per heavy atom. The third-order valence-electron chi connectivity index (χ3n) is 4.76. The van der Waals surface area contributed by atoms with Crippen LogP contribution in [0, 0.1) is 0 Å². The van der Waals surface area contributed by atoms with E-state index < -0.39 is 9.84 Å². The van der Waals surface area contributed by atoms with Gasteiger partial charge in [0.25, 0.3) is 0 Å². The molecule has 1 saturated heterocycles. The number of sulfone groups is 1. The highest BCUT2D eigenvalue weighted by Crippen LogP contribution is 2.23. The molecule has 150 valence electrons. The molecule has 0 aromatic heterocycles. The number of benzene rings is 2. The molecule has 0 spiro atoms. The van der Waals surface area contributed by atoms with Gasteiger partial charge in [0.1, 0.15) is 11.5 Å². The van der Waals surface area contributed by atoms with Crippen LogP contribution in [0.2, 0.25) is 0 Å². The lowest BCUT2D eigenvalue weighted by atomic mass is 10.1. The molecule has 0 bridgehead atoms. The molecule has 1 N–H and O–H groups in total. The smallest absolute Gasteiger partial charge is 0.322 e. The van der Waals surface area contributed by atoms with Gasteiger partial charge in [0.15, 0.2) is 9.84 Å². The first-order valence-electron chi connectivity index (χ1n) is 8.95. The van der Waals surface area contributed by atoms with E-state index in [2.05, 4.69) is 5.32 Å². The van der Waals surface area contributed by atoms with Gasteiger partial charge in [0.2, 0.25) is 0 Å². The summed E-state index contributed by atoms with van der Waals surface area (Å²) in [6, 6.07) is 13.7. The lowest BCUT2D eigenvalue weighted by Gasteiger charge is -2.28. The summed E-state index contributed by atoms with van der Waals surface area (Å²) in [6.07, 6.45) is 0.439.